The van der Waals surface area contributed by atoms with E-state index in [-0.39, 0.29) is 23.2 Å². The van der Waals surface area contributed by atoms with Crippen LogP contribution < -0.4 is 10.6 Å². The van der Waals surface area contributed by atoms with E-state index < -0.39 is 4.92 Å². The first-order valence-electron chi connectivity index (χ1n) is 6.77. The van der Waals surface area contributed by atoms with Crippen molar-refractivity contribution in [1.82, 2.24) is 10.6 Å². The number of amides is 1. The molecule has 6 heteroatoms. The van der Waals surface area contributed by atoms with E-state index in [1.54, 1.807) is 19.1 Å². The summed E-state index contributed by atoms with van der Waals surface area (Å²) in [7, 11) is 0. The molecule has 2 unspecified atom stereocenters. The lowest BCUT2D eigenvalue weighted by atomic mass is 9.99. The normalized spacial score (nSPS) is 22.3. The van der Waals surface area contributed by atoms with Gasteiger partial charge in [-0.15, -0.1) is 0 Å². The fourth-order valence-electron chi connectivity index (χ4n) is 2.62. The van der Waals surface area contributed by atoms with Crippen molar-refractivity contribution in [2.24, 2.45) is 0 Å². The van der Waals surface area contributed by atoms with Crippen molar-refractivity contribution in [3.05, 3.63) is 39.4 Å². The van der Waals surface area contributed by atoms with Gasteiger partial charge in [-0.25, -0.2) is 0 Å². The topological polar surface area (TPSA) is 84.3 Å². The predicted octanol–water partition coefficient (Wildman–Crippen LogP) is 1.77. The summed E-state index contributed by atoms with van der Waals surface area (Å²) in [4.78, 5) is 22.9. The van der Waals surface area contributed by atoms with Gasteiger partial charge >= 0.3 is 0 Å². The van der Waals surface area contributed by atoms with E-state index in [0.29, 0.717) is 11.6 Å². The number of hydrogen-bond donors (Lipinski definition) is 2. The standard InChI is InChI=1S/C14H19N3O3/c1-9-4-3-5-12(17(19)20)13(9)14(18)16-11-6-7-15-10(2)8-11/h3-5,10-11,15H,6-8H2,1-2H3,(H,16,18). The Morgan fingerprint density at radius 3 is 2.90 bits per heavy atom. The smallest absolute Gasteiger partial charge is 0.282 e. The van der Waals surface area contributed by atoms with E-state index in [1.165, 1.54) is 6.07 Å². The van der Waals surface area contributed by atoms with Gasteiger partial charge in [-0.2, -0.15) is 0 Å². The molecule has 2 atom stereocenters. The van der Waals surface area contributed by atoms with Crippen LogP contribution in [0.3, 0.4) is 0 Å². The molecule has 1 aliphatic heterocycles. The zero-order valence-corrected chi connectivity index (χ0v) is 11.7. The average Bonchev–Trinajstić information content (AvgIpc) is 2.38. The second kappa shape index (κ2) is 6.00. The van der Waals surface area contributed by atoms with Crippen LogP contribution in [0, 0.1) is 17.0 Å². The molecule has 6 nitrogen and oxygen atoms in total. The van der Waals surface area contributed by atoms with Crippen LogP contribution in [-0.2, 0) is 0 Å². The highest BCUT2D eigenvalue weighted by molar-refractivity contribution is 5.99. The van der Waals surface area contributed by atoms with Gasteiger partial charge in [0.25, 0.3) is 11.6 Å². The average molecular weight is 277 g/mol. The molecule has 2 N–H and O–H groups in total. The van der Waals surface area contributed by atoms with Gasteiger partial charge < -0.3 is 10.6 Å². The van der Waals surface area contributed by atoms with Gasteiger partial charge in [0.15, 0.2) is 0 Å². The number of nitro groups is 1. The SMILES string of the molecule is Cc1cccc([N+](=O)[O-])c1C(=O)NC1CCNC(C)C1. The van der Waals surface area contributed by atoms with Gasteiger partial charge in [0, 0.05) is 18.2 Å². The number of nitro benzene ring substituents is 1. The molecule has 108 valence electrons. The van der Waals surface area contributed by atoms with Crippen LogP contribution in [0.25, 0.3) is 0 Å². The third kappa shape index (κ3) is 3.14. The first-order valence-corrected chi connectivity index (χ1v) is 6.77. The Morgan fingerprint density at radius 2 is 2.25 bits per heavy atom. The molecule has 0 saturated carbocycles. The lowest BCUT2D eigenvalue weighted by molar-refractivity contribution is -0.385. The molecule has 20 heavy (non-hydrogen) atoms. The maximum Gasteiger partial charge on any atom is 0.282 e. The Morgan fingerprint density at radius 1 is 1.50 bits per heavy atom. The van der Waals surface area contributed by atoms with Gasteiger partial charge in [-0.1, -0.05) is 12.1 Å². The molecule has 1 aromatic rings. The van der Waals surface area contributed by atoms with Crippen LogP contribution in [0.1, 0.15) is 35.7 Å². The molecule has 1 heterocycles. The molecular formula is C14H19N3O3. The number of carbonyl (C=O) groups excluding carboxylic acids is 1. The molecule has 1 aliphatic rings. The van der Waals surface area contributed by atoms with Crippen molar-refractivity contribution in [3.8, 4) is 0 Å². The number of aryl methyl sites for hydroxylation is 1. The van der Waals surface area contributed by atoms with Crippen LogP contribution in [0.4, 0.5) is 5.69 Å². The molecule has 1 aromatic carbocycles. The number of hydrogen-bond acceptors (Lipinski definition) is 4. The van der Waals surface area contributed by atoms with Crippen LogP contribution in [0.15, 0.2) is 18.2 Å². The second-order valence-corrected chi connectivity index (χ2v) is 5.28. The molecule has 0 aromatic heterocycles. The summed E-state index contributed by atoms with van der Waals surface area (Å²) in [5.41, 5.74) is 0.659. The second-order valence-electron chi connectivity index (χ2n) is 5.28. The quantitative estimate of drug-likeness (QED) is 0.651. The van der Waals surface area contributed by atoms with Crippen LogP contribution >= 0.6 is 0 Å². The summed E-state index contributed by atoms with van der Waals surface area (Å²) in [6, 6.07) is 5.09. The summed E-state index contributed by atoms with van der Waals surface area (Å²) in [5.74, 6) is -0.353. The molecule has 0 aliphatic carbocycles. The molecule has 0 radical (unpaired) electrons. The largest absolute Gasteiger partial charge is 0.349 e. The Balaban J connectivity index is 2.19. The lowest BCUT2D eigenvalue weighted by Crippen LogP contribution is -2.46. The van der Waals surface area contributed by atoms with Crippen LogP contribution in [0.2, 0.25) is 0 Å². The van der Waals surface area contributed by atoms with Crippen LogP contribution in [-0.4, -0.2) is 29.5 Å². The minimum absolute atomic E-state index is 0.0676. The maximum atomic E-state index is 12.3. The van der Waals surface area contributed by atoms with Crippen molar-refractivity contribution in [1.29, 1.82) is 0 Å². The zero-order chi connectivity index (χ0) is 14.7. The third-order valence-corrected chi connectivity index (χ3v) is 3.63. The number of carbonyl (C=O) groups is 1. The summed E-state index contributed by atoms with van der Waals surface area (Å²) in [6.45, 7) is 4.63. The van der Waals surface area contributed by atoms with Crippen molar-refractivity contribution in [2.75, 3.05) is 6.54 Å². The van der Waals surface area contributed by atoms with E-state index in [2.05, 4.69) is 17.6 Å². The first-order chi connectivity index (χ1) is 9.49. The molecule has 1 fully saturated rings. The minimum atomic E-state index is -0.507. The van der Waals surface area contributed by atoms with E-state index in [4.69, 9.17) is 0 Å². The van der Waals surface area contributed by atoms with E-state index in [1.807, 2.05) is 0 Å². The number of nitrogens with zero attached hydrogens (tertiary/aromatic N) is 1. The van der Waals surface area contributed by atoms with Gasteiger partial charge in [-0.3, -0.25) is 14.9 Å². The Hall–Kier alpha value is -1.95. The minimum Gasteiger partial charge on any atom is -0.349 e. The first kappa shape index (κ1) is 14.5. The number of nitrogens with one attached hydrogen (secondary N) is 2. The van der Waals surface area contributed by atoms with E-state index in [0.717, 1.165) is 19.4 Å². The van der Waals surface area contributed by atoms with Gasteiger partial charge in [0.05, 0.1) is 4.92 Å². The molecular weight excluding hydrogens is 258 g/mol. The third-order valence-electron chi connectivity index (χ3n) is 3.63. The van der Waals surface area contributed by atoms with Crippen molar-refractivity contribution in [2.45, 2.75) is 38.8 Å². The van der Waals surface area contributed by atoms with Gasteiger partial charge in [0.2, 0.25) is 0 Å². The summed E-state index contributed by atoms with van der Waals surface area (Å²) >= 11 is 0. The van der Waals surface area contributed by atoms with Crippen molar-refractivity contribution < 1.29 is 9.72 Å². The Labute approximate surface area is 117 Å². The lowest BCUT2D eigenvalue weighted by Gasteiger charge is -2.28. The summed E-state index contributed by atoms with van der Waals surface area (Å²) < 4.78 is 0. The Bertz CT molecular complexity index is 530. The fraction of sp³-hybridized carbons (Fsp3) is 0.500. The highest BCUT2D eigenvalue weighted by Crippen LogP contribution is 2.22. The monoisotopic (exact) mass is 277 g/mol. The van der Waals surface area contributed by atoms with Crippen molar-refractivity contribution >= 4 is 11.6 Å². The van der Waals surface area contributed by atoms with Gasteiger partial charge in [-0.05, 0) is 38.8 Å². The fourth-order valence-corrected chi connectivity index (χ4v) is 2.62. The number of rotatable bonds is 3. The molecule has 2 rings (SSSR count). The Kier molecular flexibility index (Phi) is 4.34. The molecule has 0 spiro atoms. The number of benzene rings is 1. The molecule has 0 bridgehead atoms. The van der Waals surface area contributed by atoms with Crippen molar-refractivity contribution in [3.63, 3.8) is 0 Å². The molecule has 1 amide bonds. The highest BCUT2D eigenvalue weighted by atomic mass is 16.6. The van der Waals surface area contributed by atoms with E-state index >= 15 is 0 Å². The summed E-state index contributed by atoms with van der Waals surface area (Å²) in [6.07, 6.45) is 1.68. The highest BCUT2D eigenvalue weighted by Gasteiger charge is 2.26. The van der Waals surface area contributed by atoms with E-state index in [9.17, 15) is 14.9 Å². The van der Waals surface area contributed by atoms with Gasteiger partial charge in [0.1, 0.15) is 5.56 Å². The zero-order valence-electron chi connectivity index (χ0n) is 11.7. The van der Waals surface area contributed by atoms with Crippen LogP contribution in [0.5, 0.6) is 0 Å². The predicted molar refractivity (Wildman–Crippen MR) is 75.8 cm³/mol. The summed E-state index contributed by atoms with van der Waals surface area (Å²) in [5, 5.41) is 17.3. The molecule has 1 saturated heterocycles. The number of piperidine rings is 1. The maximum absolute atomic E-state index is 12.3.